The van der Waals surface area contributed by atoms with Crippen molar-refractivity contribution in [2.45, 2.75) is 11.8 Å². The third-order valence-corrected chi connectivity index (χ3v) is 2.47. The molecule has 1 rings (SSSR count). The second-order valence-corrected chi connectivity index (χ2v) is 3.34. The average molecular weight is 261 g/mol. The van der Waals surface area contributed by atoms with E-state index in [1.54, 1.807) is 18.2 Å². The molecule has 0 amide bonds. The van der Waals surface area contributed by atoms with Crippen LogP contribution in [0.4, 0.5) is 4.39 Å². The summed E-state index contributed by atoms with van der Waals surface area (Å²) in [4.78, 5) is 10.9. The highest BCUT2D eigenvalue weighted by Gasteiger charge is 2.10. The van der Waals surface area contributed by atoms with E-state index < -0.39 is 5.97 Å². The lowest BCUT2D eigenvalue weighted by Crippen LogP contribution is -2.07. The molecule has 0 heterocycles. The Morgan fingerprint density at radius 3 is 2.71 bits per heavy atom. The van der Waals surface area contributed by atoms with Crippen LogP contribution in [0.1, 0.15) is 11.1 Å². The highest BCUT2D eigenvalue weighted by atomic mass is 79.9. The molecule has 1 aromatic carbocycles. The number of hydrogen-bond donors (Lipinski definition) is 0. The van der Waals surface area contributed by atoms with E-state index in [2.05, 4.69) is 20.7 Å². The number of benzene rings is 1. The zero-order valence-electron chi connectivity index (χ0n) is 7.72. The lowest BCUT2D eigenvalue weighted by Gasteiger charge is -2.04. The monoisotopic (exact) mass is 260 g/mol. The van der Waals surface area contributed by atoms with E-state index in [0.29, 0.717) is 16.5 Å². The molecule has 76 valence electrons. The highest BCUT2D eigenvalue weighted by Crippen LogP contribution is 2.16. The van der Waals surface area contributed by atoms with E-state index in [1.165, 1.54) is 7.11 Å². The fourth-order valence-corrected chi connectivity index (χ4v) is 1.53. The lowest BCUT2D eigenvalue weighted by atomic mass is 10.1. The van der Waals surface area contributed by atoms with Crippen LogP contribution in [0, 0.1) is 5.82 Å². The van der Waals surface area contributed by atoms with Crippen molar-refractivity contribution < 1.29 is 13.9 Å². The molecule has 1 aromatic rings. The summed E-state index contributed by atoms with van der Waals surface area (Å²) in [6.45, 7) is 0. The molecule has 0 saturated carbocycles. The Balaban J connectivity index is 2.92. The van der Waals surface area contributed by atoms with Crippen molar-refractivity contribution in [3.63, 3.8) is 0 Å². The molecule has 0 aliphatic heterocycles. The van der Waals surface area contributed by atoms with Gasteiger partial charge in [0.15, 0.2) is 0 Å². The number of methoxy groups -OCH3 is 1. The summed E-state index contributed by atoms with van der Waals surface area (Å²) in [6.07, 6.45) is -0.0246. The van der Waals surface area contributed by atoms with Crippen LogP contribution in [0.2, 0.25) is 0 Å². The Labute approximate surface area is 90.2 Å². The second-order valence-electron chi connectivity index (χ2n) is 2.78. The minimum Gasteiger partial charge on any atom is -0.469 e. The van der Waals surface area contributed by atoms with Crippen molar-refractivity contribution >= 4 is 21.9 Å². The fraction of sp³-hybridized carbons (Fsp3) is 0.300. The Hall–Kier alpha value is -0.900. The number of esters is 1. The summed E-state index contributed by atoms with van der Waals surface area (Å²) in [6, 6.07) is 4.97. The molecule has 0 aromatic heterocycles. The molecule has 0 unspecified atom stereocenters. The zero-order chi connectivity index (χ0) is 10.6. The minimum absolute atomic E-state index is 0.0246. The molecule has 0 radical (unpaired) electrons. The topological polar surface area (TPSA) is 26.3 Å². The molecule has 14 heavy (non-hydrogen) atoms. The van der Waals surface area contributed by atoms with Crippen molar-refractivity contribution in [3.05, 3.63) is 35.1 Å². The van der Waals surface area contributed by atoms with Crippen molar-refractivity contribution in [2.75, 3.05) is 7.11 Å². The van der Waals surface area contributed by atoms with Gasteiger partial charge in [-0.25, -0.2) is 4.39 Å². The number of rotatable bonds is 3. The van der Waals surface area contributed by atoms with Gasteiger partial charge in [0.1, 0.15) is 5.82 Å². The van der Waals surface area contributed by atoms with Crippen LogP contribution < -0.4 is 0 Å². The number of hydrogen-bond acceptors (Lipinski definition) is 2. The Morgan fingerprint density at radius 2 is 2.14 bits per heavy atom. The Morgan fingerprint density at radius 1 is 1.50 bits per heavy atom. The zero-order valence-corrected chi connectivity index (χ0v) is 9.30. The summed E-state index contributed by atoms with van der Waals surface area (Å²) < 4.78 is 18.0. The molecular weight excluding hydrogens is 251 g/mol. The van der Waals surface area contributed by atoms with Gasteiger partial charge in [0.2, 0.25) is 0 Å². The maximum atomic E-state index is 13.5. The maximum Gasteiger partial charge on any atom is 0.310 e. The van der Waals surface area contributed by atoms with Gasteiger partial charge in [-0.05, 0) is 11.1 Å². The first-order valence-electron chi connectivity index (χ1n) is 4.08. The SMILES string of the molecule is COC(=O)Cc1cccc(CBr)c1F. The Kier molecular flexibility index (Phi) is 4.07. The third-order valence-electron chi connectivity index (χ3n) is 1.87. The number of alkyl halides is 1. The highest BCUT2D eigenvalue weighted by molar-refractivity contribution is 9.08. The van der Waals surface area contributed by atoms with E-state index in [9.17, 15) is 9.18 Å². The second kappa shape index (κ2) is 5.10. The largest absolute Gasteiger partial charge is 0.469 e. The van der Waals surface area contributed by atoms with Crippen LogP contribution in [0.3, 0.4) is 0 Å². The van der Waals surface area contributed by atoms with Gasteiger partial charge in [-0.1, -0.05) is 34.1 Å². The number of ether oxygens (including phenoxy) is 1. The molecule has 0 aliphatic carbocycles. The van der Waals surface area contributed by atoms with E-state index in [0.717, 1.165) is 0 Å². The average Bonchev–Trinajstić information content (AvgIpc) is 2.21. The van der Waals surface area contributed by atoms with Gasteiger partial charge in [0, 0.05) is 5.33 Å². The van der Waals surface area contributed by atoms with Gasteiger partial charge in [-0.2, -0.15) is 0 Å². The van der Waals surface area contributed by atoms with Gasteiger partial charge < -0.3 is 4.74 Å². The smallest absolute Gasteiger partial charge is 0.310 e. The Bertz CT molecular complexity index is 339. The molecule has 0 atom stereocenters. The molecule has 0 spiro atoms. The summed E-state index contributed by atoms with van der Waals surface area (Å²) >= 11 is 3.17. The predicted octanol–water partition coefficient (Wildman–Crippen LogP) is 2.44. The lowest BCUT2D eigenvalue weighted by molar-refractivity contribution is -0.139. The first-order chi connectivity index (χ1) is 6.69. The minimum atomic E-state index is -0.435. The van der Waals surface area contributed by atoms with Crippen LogP contribution in [0.25, 0.3) is 0 Å². The number of carbonyl (C=O) groups is 1. The van der Waals surface area contributed by atoms with Gasteiger partial charge in [-0.15, -0.1) is 0 Å². The summed E-state index contributed by atoms with van der Waals surface area (Å²) in [7, 11) is 1.29. The van der Waals surface area contributed by atoms with Crippen molar-refractivity contribution in [2.24, 2.45) is 0 Å². The standard InChI is InChI=1S/C10H10BrFO2/c1-14-9(13)5-7-3-2-4-8(6-11)10(7)12/h2-4H,5-6H2,1H3. The summed E-state index contributed by atoms with van der Waals surface area (Å²) in [5.41, 5.74) is 0.917. The number of halogens is 2. The normalized spacial score (nSPS) is 9.93. The van der Waals surface area contributed by atoms with E-state index >= 15 is 0 Å². The summed E-state index contributed by atoms with van der Waals surface area (Å²) in [5, 5.41) is 0.438. The van der Waals surface area contributed by atoms with Gasteiger partial charge in [0.25, 0.3) is 0 Å². The molecule has 0 saturated heterocycles. The van der Waals surface area contributed by atoms with E-state index in [-0.39, 0.29) is 12.2 Å². The molecule has 4 heteroatoms. The van der Waals surface area contributed by atoms with Gasteiger partial charge in [0.05, 0.1) is 13.5 Å². The van der Waals surface area contributed by atoms with Crippen molar-refractivity contribution in [1.29, 1.82) is 0 Å². The molecular formula is C10H10BrFO2. The first kappa shape index (κ1) is 11.2. The maximum absolute atomic E-state index is 13.5. The molecule has 0 bridgehead atoms. The predicted molar refractivity (Wildman–Crippen MR) is 54.8 cm³/mol. The van der Waals surface area contributed by atoms with Crippen LogP contribution in [-0.4, -0.2) is 13.1 Å². The van der Waals surface area contributed by atoms with E-state index in [1.807, 2.05) is 0 Å². The van der Waals surface area contributed by atoms with Crippen LogP contribution in [-0.2, 0) is 21.3 Å². The fourth-order valence-electron chi connectivity index (χ4n) is 1.10. The van der Waals surface area contributed by atoms with Gasteiger partial charge >= 0.3 is 5.97 Å². The summed E-state index contributed by atoms with van der Waals surface area (Å²) in [5.74, 6) is -0.773. The molecule has 0 fully saturated rings. The van der Waals surface area contributed by atoms with Crippen molar-refractivity contribution in [1.82, 2.24) is 0 Å². The van der Waals surface area contributed by atoms with Crippen molar-refractivity contribution in [3.8, 4) is 0 Å². The first-order valence-corrected chi connectivity index (χ1v) is 5.20. The quantitative estimate of drug-likeness (QED) is 0.617. The molecule has 0 aliphatic rings. The van der Waals surface area contributed by atoms with Crippen LogP contribution in [0.15, 0.2) is 18.2 Å². The molecule has 2 nitrogen and oxygen atoms in total. The number of carbonyl (C=O) groups excluding carboxylic acids is 1. The van der Waals surface area contributed by atoms with Crippen LogP contribution >= 0.6 is 15.9 Å². The van der Waals surface area contributed by atoms with Crippen LogP contribution in [0.5, 0.6) is 0 Å². The van der Waals surface area contributed by atoms with E-state index in [4.69, 9.17) is 0 Å². The molecule has 0 N–H and O–H groups in total. The third kappa shape index (κ3) is 2.54. The van der Waals surface area contributed by atoms with Gasteiger partial charge in [-0.3, -0.25) is 4.79 Å².